The fraction of sp³-hybridized carbons (Fsp3) is 0.650. The molecule has 1 saturated carbocycles. The number of nitrogens with zero attached hydrogens (tertiary/aromatic N) is 1. The van der Waals surface area contributed by atoms with Crippen molar-refractivity contribution in [2.24, 2.45) is 0 Å². The Kier molecular flexibility index (Phi) is 5.26. The van der Waals surface area contributed by atoms with Gasteiger partial charge in [-0.3, -0.25) is 4.79 Å². The Balaban J connectivity index is 1.61. The Hall–Kier alpha value is -1.39. The van der Waals surface area contributed by atoms with Crippen molar-refractivity contribution in [1.29, 1.82) is 0 Å². The predicted octanol–water partition coefficient (Wildman–Crippen LogP) is 2.81. The first-order valence-electron chi connectivity index (χ1n) is 9.32. The van der Waals surface area contributed by atoms with E-state index in [1.165, 1.54) is 12.0 Å². The SMILES string of the molecule is CC(C)c1ccc(CN2CCC[C@](O)(CNC3CCC3)C2=O)cc1. The third kappa shape index (κ3) is 3.81. The van der Waals surface area contributed by atoms with Crippen LogP contribution in [0.25, 0.3) is 0 Å². The monoisotopic (exact) mass is 330 g/mol. The van der Waals surface area contributed by atoms with Crippen LogP contribution in [0.4, 0.5) is 0 Å². The predicted molar refractivity (Wildman–Crippen MR) is 95.8 cm³/mol. The van der Waals surface area contributed by atoms with E-state index < -0.39 is 5.60 Å². The molecular weight excluding hydrogens is 300 g/mol. The molecule has 4 nitrogen and oxygen atoms in total. The first-order chi connectivity index (χ1) is 11.5. The van der Waals surface area contributed by atoms with E-state index >= 15 is 0 Å². The smallest absolute Gasteiger partial charge is 0.256 e. The molecule has 2 fully saturated rings. The molecule has 1 saturated heterocycles. The Morgan fingerprint density at radius 2 is 1.96 bits per heavy atom. The van der Waals surface area contributed by atoms with Crippen LogP contribution in [0.1, 0.15) is 63.0 Å². The quantitative estimate of drug-likeness (QED) is 0.843. The summed E-state index contributed by atoms with van der Waals surface area (Å²) in [5.41, 5.74) is 1.21. The molecule has 4 heteroatoms. The van der Waals surface area contributed by atoms with Crippen molar-refractivity contribution in [3.05, 3.63) is 35.4 Å². The third-order valence-electron chi connectivity index (χ3n) is 5.51. The fourth-order valence-corrected chi connectivity index (χ4v) is 3.53. The molecule has 0 spiro atoms. The zero-order valence-corrected chi connectivity index (χ0v) is 14.9. The van der Waals surface area contributed by atoms with Crippen LogP contribution in [-0.2, 0) is 11.3 Å². The lowest BCUT2D eigenvalue weighted by Crippen LogP contribution is -2.59. The second-order valence-electron chi connectivity index (χ2n) is 7.77. The van der Waals surface area contributed by atoms with Crippen molar-refractivity contribution in [2.45, 2.75) is 70.1 Å². The van der Waals surface area contributed by atoms with Crippen molar-refractivity contribution < 1.29 is 9.90 Å². The van der Waals surface area contributed by atoms with E-state index in [0.29, 0.717) is 31.5 Å². The molecule has 1 aliphatic carbocycles. The summed E-state index contributed by atoms with van der Waals surface area (Å²) in [5.74, 6) is 0.395. The van der Waals surface area contributed by atoms with Gasteiger partial charge in [0.1, 0.15) is 0 Å². The molecule has 1 aromatic carbocycles. The Morgan fingerprint density at radius 3 is 2.54 bits per heavy atom. The number of rotatable bonds is 6. The number of hydrogen-bond acceptors (Lipinski definition) is 3. The van der Waals surface area contributed by atoms with Gasteiger partial charge in [0, 0.05) is 25.7 Å². The van der Waals surface area contributed by atoms with Crippen LogP contribution in [0.2, 0.25) is 0 Å². The summed E-state index contributed by atoms with van der Waals surface area (Å²) in [7, 11) is 0. The standard InChI is InChI=1S/C20H30N2O2/c1-15(2)17-9-7-16(8-10-17)13-22-12-4-11-20(24,19(22)23)14-21-18-5-3-6-18/h7-10,15,18,21,24H,3-6,11-14H2,1-2H3/t20-/m0/s1. The maximum absolute atomic E-state index is 12.8. The second kappa shape index (κ2) is 7.24. The number of benzene rings is 1. The van der Waals surface area contributed by atoms with Crippen molar-refractivity contribution in [1.82, 2.24) is 10.2 Å². The topological polar surface area (TPSA) is 52.6 Å². The molecule has 2 N–H and O–H groups in total. The van der Waals surface area contributed by atoms with E-state index in [2.05, 4.69) is 43.4 Å². The average Bonchev–Trinajstić information content (AvgIpc) is 2.51. The van der Waals surface area contributed by atoms with Crippen LogP contribution in [0.15, 0.2) is 24.3 Å². The Morgan fingerprint density at radius 1 is 1.25 bits per heavy atom. The summed E-state index contributed by atoms with van der Waals surface area (Å²) in [6, 6.07) is 8.96. The number of carbonyl (C=O) groups excluding carboxylic acids is 1. The molecule has 2 aliphatic rings. The van der Waals surface area contributed by atoms with Gasteiger partial charge in [0.2, 0.25) is 0 Å². The molecular formula is C20H30N2O2. The third-order valence-corrected chi connectivity index (χ3v) is 5.51. The maximum atomic E-state index is 12.8. The summed E-state index contributed by atoms with van der Waals surface area (Å²) in [4.78, 5) is 14.6. The minimum Gasteiger partial charge on any atom is -0.379 e. The molecule has 24 heavy (non-hydrogen) atoms. The highest BCUT2D eigenvalue weighted by atomic mass is 16.3. The van der Waals surface area contributed by atoms with E-state index in [0.717, 1.165) is 31.4 Å². The van der Waals surface area contributed by atoms with Crippen LogP contribution >= 0.6 is 0 Å². The molecule has 1 heterocycles. The number of nitrogens with one attached hydrogen (secondary N) is 1. The van der Waals surface area contributed by atoms with Crippen molar-refractivity contribution in [3.8, 4) is 0 Å². The molecule has 0 unspecified atom stereocenters. The number of aliphatic hydroxyl groups is 1. The van der Waals surface area contributed by atoms with Crippen LogP contribution in [-0.4, -0.2) is 40.6 Å². The molecule has 0 radical (unpaired) electrons. The van der Waals surface area contributed by atoms with Crippen molar-refractivity contribution in [2.75, 3.05) is 13.1 Å². The van der Waals surface area contributed by atoms with Gasteiger partial charge in [0.05, 0.1) is 0 Å². The first-order valence-corrected chi connectivity index (χ1v) is 9.32. The van der Waals surface area contributed by atoms with Gasteiger partial charge in [-0.25, -0.2) is 0 Å². The normalized spacial score (nSPS) is 25.2. The summed E-state index contributed by atoms with van der Waals surface area (Å²) >= 11 is 0. The molecule has 1 amide bonds. The zero-order chi connectivity index (χ0) is 17.2. The maximum Gasteiger partial charge on any atom is 0.256 e. The van der Waals surface area contributed by atoms with E-state index in [1.807, 2.05) is 4.90 Å². The molecule has 0 aromatic heterocycles. The van der Waals surface area contributed by atoms with Gasteiger partial charge in [-0.15, -0.1) is 0 Å². The van der Waals surface area contributed by atoms with Crippen LogP contribution in [0, 0.1) is 0 Å². The van der Waals surface area contributed by atoms with Gasteiger partial charge in [0.25, 0.3) is 5.91 Å². The summed E-state index contributed by atoms with van der Waals surface area (Å²) in [6.45, 7) is 6.06. The lowest BCUT2D eigenvalue weighted by molar-refractivity contribution is -0.157. The lowest BCUT2D eigenvalue weighted by atomic mass is 9.88. The second-order valence-corrected chi connectivity index (χ2v) is 7.77. The molecule has 3 rings (SSSR count). The highest BCUT2D eigenvalue weighted by molar-refractivity contribution is 5.86. The number of amides is 1. The average molecular weight is 330 g/mol. The van der Waals surface area contributed by atoms with Crippen molar-refractivity contribution in [3.63, 3.8) is 0 Å². The minimum atomic E-state index is -1.23. The van der Waals surface area contributed by atoms with Gasteiger partial charge in [-0.1, -0.05) is 44.5 Å². The molecule has 132 valence electrons. The molecule has 1 aromatic rings. The van der Waals surface area contributed by atoms with E-state index in [9.17, 15) is 9.90 Å². The van der Waals surface area contributed by atoms with Gasteiger partial charge >= 0.3 is 0 Å². The fourth-order valence-electron chi connectivity index (χ4n) is 3.53. The number of likely N-dealkylation sites (tertiary alicyclic amines) is 1. The van der Waals surface area contributed by atoms with Crippen LogP contribution < -0.4 is 5.32 Å². The largest absolute Gasteiger partial charge is 0.379 e. The zero-order valence-electron chi connectivity index (χ0n) is 14.9. The Bertz CT molecular complexity index is 566. The van der Waals surface area contributed by atoms with Gasteiger partial charge in [-0.05, 0) is 42.7 Å². The van der Waals surface area contributed by atoms with Gasteiger partial charge in [-0.2, -0.15) is 0 Å². The highest BCUT2D eigenvalue weighted by Gasteiger charge is 2.42. The van der Waals surface area contributed by atoms with Crippen molar-refractivity contribution >= 4 is 5.91 Å². The summed E-state index contributed by atoms with van der Waals surface area (Å²) in [6.07, 6.45) is 5.00. The van der Waals surface area contributed by atoms with E-state index in [4.69, 9.17) is 0 Å². The van der Waals surface area contributed by atoms with Gasteiger partial charge < -0.3 is 15.3 Å². The van der Waals surface area contributed by atoms with E-state index in [1.54, 1.807) is 0 Å². The molecule has 1 aliphatic heterocycles. The van der Waals surface area contributed by atoms with Crippen LogP contribution in [0.3, 0.4) is 0 Å². The molecule has 1 atom stereocenters. The summed E-state index contributed by atoms with van der Waals surface area (Å²) < 4.78 is 0. The Labute approximate surface area is 145 Å². The lowest BCUT2D eigenvalue weighted by Gasteiger charge is -2.40. The van der Waals surface area contributed by atoms with E-state index in [-0.39, 0.29) is 5.91 Å². The first kappa shape index (κ1) is 17.4. The minimum absolute atomic E-state index is 0.117. The molecule has 0 bridgehead atoms. The summed E-state index contributed by atoms with van der Waals surface area (Å²) in [5, 5.41) is 14.2. The van der Waals surface area contributed by atoms with Crippen LogP contribution in [0.5, 0.6) is 0 Å². The highest BCUT2D eigenvalue weighted by Crippen LogP contribution is 2.26. The van der Waals surface area contributed by atoms with Gasteiger partial charge in [0.15, 0.2) is 5.60 Å². The number of carbonyl (C=O) groups is 1. The number of hydrogen-bond donors (Lipinski definition) is 2. The number of piperidine rings is 1.